The molecule has 0 fully saturated rings. The highest BCUT2D eigenvalue weighted by Crippen LogP contribution is 2.29. The summed E-state index contributed by atoms with van der Waals surface area (Å²) in [5.74, 6) is 0.855. The summed E-state index contributed by atoms with van der Waals surface area (Å²) in [6.07, 6.45) is 0. The molecule has 1 N–H and O–H groups in total. The van der Waals surface area contributed by atoms with Crippen molar-refractivity contribution in [2.75, 3.05) is 12.4 Å². The van der Waals surface area contributed by atoms with Crippen molar-refractivity contribution in [3.63, 3.8) is 0 Å². The third-order valence-electron chi connectivity index (χ3n) is 2.82. The molecule has 0 spiro atoms. The topological polar surface area (TPSA) is 21.3 Å². The lowest BCUT2D eigenvalue weighted by Crippen LogP contribution is -1.95. The van der Waals surface area contributed by atoms with Crippen LogP contribution >= 0.6 is 11.6 Å². The van der Waals surface area contributed by atoms with Gasteiger partial charge >= 0.3 is 0 Å². The van der Waals surface area contributed by atoms with Crippen LogP contribution in [-0.2, 0) is 0 Å². The van der Waals surface area contributed by atoms with Crippen LogP contribution in [0.4, 0.5) is 11.4 Å². The Balaban J connectivity index is 2.31. The number of hydrogen-bond acceptors (Lipinski definition) is 2. The van der Waals surface area contributed by atoms with Crippen LogP contribution in [0.5, 0.6) is 5.75 Å². The molecule has 18 heavy (non-hydrogen) atoms. The minimum absolute atomic E-state index is 0.718. The Kier molecular flexibility index (Phi) is 3.78. The zero-order valence-corrected chi connectivity index (χ0v) is 11.5. The molecule has 0 heterocycles. The van der Waals surface area contributed by atoms with Crippen molar-refractivity contribution in [1.82, 2.24) is 0 Å². The maximum Gasteiger partial charge on any atom is 0.119 e. The van der Waals surface area contributed by atoms with E-state index >= 15 is 0 Å². The number of anilines is 2. The fraction of sp³-hybridized carbons (Fsp3) is 0.200. The number of aryl methyl sites for hydroxylation is 2. The molecule has 0 aliphatic carbocycles. The largest absolute Gasteiger partial charge is 0.497 e. The first kappa shape index (κ1) is 12.8. The molecule has 0 aromatic heterocycles. The van der Waals surface area contributed by atoms with Gasteiger partial charge in [0.15, 0.2) is 0 Å². The summed E-state index contributed by atoms with van der Waals surface area (Å²) in [5.41, 5.74) is 4.24. The molecule has 0 amide bonds. The van der Waals surface area contributed by atoms with Gasteiger partial charge in [0.25, 0.3) is 0 Å². The van der Waals surface area contributed by atoms with Gasteiger partial charge in [-0.1, -0.05) is 17.7 Å². The standard InChI is InChI=1S/C15H16ClNO/c1-10-4-6-13(16)15(8-10)17-14-7-5-12(18-3)9-11(14)2/h4-9,17H,1-3H3. The highest BCUT2D eigenvalue weighted by atomic mass is 35.5. The second kappa shape index (κ2) is 5.32. The van der Waals surface area contributed by atoms with Crippen LogP contribution in [0.1, 0.15) is 11.1 Å². The zero-order chi connectivity index (χ0) is 13.1. The minimum Gasteiger partial charge on any atom is -0.497 e. The summed E-state index contributed by atoms with van der Waals surface area (Å²) >= 11 is 6.17. The summed E-state index contributed by atoms with van der Waals surface area (Å²) in [5, 5.41) is 4.06. The van der Waals surface area contributed by atoms with Crippen molar-refractivity contribution in [2.24, 2.45) is 0 Å². The maximum atomic E-state index is 6.17. The van der Waals surface area contributed by atoms with E-state index in [1.807, 2.05) is 50.2 Å². The lowest BCUT2D eigenvalue weighted by atomic mass is 10.1. The predicted molar refractivity (Wildman–Crippen MR) is 77.2 cm³/mol. The van der Waals surface area contributed by atoms with E-state index in [0.717, 1.165) is 27.7 Å². The summed E-state index contributed by atoms with van der Waals surface area (Å²) in [6, 6.07) is 11.8. The van der Waals surface area contributed by atoms with E-state index in [9.17, 15) is 0 Å². The van der Waals surface area contributed by atoms with E-state index in [0.29, 0.717) is 0 Å². The van der Waals surface area contributed by atoms with Crippen LogP contribution in [0.2, 0.25) is 5.02 Å². The lowest BCUT2D eigenvalue weighted by Gasteiger charge is -2.12. The third kappa shape index (κ3) is 2.77. The van der Waals surface area contributed by atoms with Gasteiger partial charge in [-0.3, -0.25) is 0 Å². The highest BCUT2D eigenvalue weighted by molar-refractivity contribution is 6.33. The van der Waals surface area contributed by atoms with Gasteiger partial charge in [0.1, 0.15) is 5.75 Å². The first-order valence-corrected chi connectivity index (χ1v) is 6.16. The molecule has 0 atom stereocenters. The van der Waals surface area contributed by atoms with Gasteiger partial charge in [0.05, 0.1) is 17.8 Å². The second-order valence-electron chi connectivity index (χ2n) is 4.29. The van der Waals surface area contributed by atoms with Crippen LogP contribution in [0.25, 0.3) is 0 Å². The Labute approximate surface area is 113 Å². The fourth-order valence-corrected chi connectivity index (χ4v) is 1.95. The van der Waals surface area contributed by atoms with Crippen molar-refractivity contribution in [1.29, 1.82) is 0 Å². The molecule has 0 aliphatic heterocycles. The number of hydrogen-bond donors (Lipinski definition) is 1. The quantitative estimate of drug-likeness (QED) is 0.864. The van der Waals surface area contributed by atoms with Crippen molar-refractivity contribution in [3.05, 3.63) is 52.5 Å². The van der Waals surface area contributed by atoms with Gasteiger partial charge < -0.3 is 10.1 Å². The normalized spacial score (nSPS) is 10.2. The molecule has 0 saturated carbocycles. The second-order valence-corrected chi connectivity index (χ2v) is 4.70. The number of nitrogens with one attached hydrogen (secondary N) is 1. The molecule has 94 valence electrons. The van der Waals surface area contributed by atoms with E-state index in [-0.39, 0.29) is 0 Å². The van der Waals surface area contributed by atoms with Crippen LogP contribution in [0.3, 0.4) is 0 Å². The van der Waals surface area contributed by atoms with Gasteiger partial charge in [0, 0.05) is 5.69 Å². The number of halogens is 1. The van der Waals surface area contributed by atoms with Gasteiger partial charge in [-0.15, -0.1) is 0 Å². The van der Waals surface area contributed by atoms with Crippen molar-refractivity contribution in [2.45, 2.75) is 13.8 Å². The van der Waals surface area contributed by atoms with Crippen molar-refractivity contribution in [3.8, 4) is 5.75 Å². The Bertz CT molecular complexity index is 566. The van der Waals surface area contributed by atoms with Crippen LogP contribution in [0, 0.1) is 13.8 Å². The molecular weight excluding hydrogens is 246 g/mol. The summed E-state index contributed by atoms with van der Waals surface area (Å²) in [7, 11) is 1.67. The first-order chi connectivity index (χ1) is 8.60. The minimum atomic E-state index is 0.718. The SMILES string of the molecule is COc1ccc(Nc2cc(C)ccc2Cl)c(C)c1. The number of rotatable bonds is 3. The Morgan fingerprint density at radius 2 is 1.78 bits per heavy atom. The molecular formula is C15H16ClNO. The molecule has 2 aromatic rings. The zero-order valence-electron chi connectivity index (χ0n) is 10.8. The molecule has 0 unspecified atom stereocenters. The predicted octanol–water partition coefficient (Wildman–Crippen LogP) is 4.71. The monoisotopic (exact) mass is 261 g/mol. The number of ether oxygens (including phenoxy) is 1. The molecule has 0 radical (unpaired) electrons. The average Bonchev–Trinajstić information content (AvgIpc) is 2.36. The highest BCUT2D eigenvalue weighted by Gasteiger charge is 2.04. The Morgan fingerprint density at radius 1 is 1.00 bits per heavy atom. The number of benzene rings is 2. The van der Waals surface area contributed by atoms with Crippen LogP contribution < -0.4 is 10.1 Å². The van der Waals surface area contributed by atoms with Gasteiger partial charge in [-0.25, -0.2) is 0 Å². The molecule has 2 nitrogen and oxygen atoms in total. The summed E-state index contributed by atoms with van der Waals surface area (Å²) in [4.78, 5) is 0. The van der Waals surface area contributed by atoms with Crippen molar-refractivity contribution < 1.29 is 4.74 Å². The molecule has 3 heteroatoms. The van der Waals surface area contributed by atoms with E-state index in [4.69, 9.17) is 16.3 Å². The van der Waals surface area contributed by atoms with E-state index in [2.05, 4.69) is 5.32 Å². The number of methoxy groups -OCH3 is 1. The van der Waals surface area contributed by atoms with Crippen molar-refractivity contribution >= 4 is 23.0 Å². The van der Waals surface area contributed by atoms with E-state index in [1.54, 1.807) is 7.11 Å². The van der Waals surface area contributed by atoms with E-state index in [1.165, 1.54) is 5.56 Å². The van der Waals surface area contributed by atoms with Gasteiger partial charge in [-0.2, -0.15) is 0 Å². The Hall–Kier alpha value is -1.67. The summed E-state index contributed by atoms with van der Waals surface area (Å²) in [6.45, 7) is 4.08. The molecule has 2 aromatic carbocycles. The fourth-order valence-electron chi connectivity index (χ4n) is 1.78. The maximum absolute atomic E-state index is 6.17. The molecule has 0 bridgehead atoms. The van der Waals surface area contributed by atoms with Gasteiger partial charge in [-0.05, 0) is 55.3 Å². The molecule has 0 aliphatic rings. The van der Waals surface area contributed by atoms with E-state index < -0.39 is 0 Å². The average molecular weight is 262 g/mol. The van der Waals surface area contributed by atoms with Crippen LogP contribution in [-0.4, -0.2) is 7.11 Å². The summed E-state index contributed by atoms with van der Waals surface area (Å²) < 4.78 is 5.19. The first-order valence-electron chi connectivity index (χ1n) is 5.78. The smallest absolute Gasteiger partial charge is 0.119 e. The third-order valence-corrected chi connectivity index (χ3v) is 3.15. The Morgan fingerprint density at radius 3 is 2.44 bits per heavy atom. The van der Waals surface area contributed by atoms with Gasteiger partial charge in [0.2, 0.25) is 0 Å². The molecule has 2 rings (SSSR count). The van der Waals surface area contributed by atoms with Crippen LogP contribution in [0.15, 0.2) is 36.4 Å². The molecule has 0 saturated heterocycles. The lowest BCUT2D eigenvalue weighted by molar-refractivity contribution is 0.414.